The van der Waals surface area contributed by atoms with Gasteiger partial charge in [0, 0.05) is 26.3 Å². The third-order valence-corrected chi connectivity index (χ3v) is 2.94. The summed E-state index contributed by atoms with van der Waals surface area (Å²) >= 11 is 0. The van der Waals surface area contributed by atoms with Crippen LogP contribution in [0.2, 0.25) is 0 Å². The average molecular weight is 237 g/mol. The van der Waals surface area contributed by atoms with Gasteiger partial charge in [0.25, 0.3) is 0 Å². The molecule has 1 atom stereocenters. The van der Waals surface area contributed by atoms with Crippen LogP contribution in [-0.4, -0.2) is 56.0 Å². The van der Waals surface area contributed by atoms with E-state index in [1.807, 2.05) is 0 Å². The number of amides is 1. The Bertz CT molecular complexity index is 297. The molecule has 6 heteroatoms. The van der Waals surface area contributed by atoms with Crippen molar-refractivity contribution >= 4 is 15.7 Å². The van der Waals surface area contributed by atoms with Crippen LogP contribution in [0.25, 0.3) is 0 Å². The second kappa shape index (κ2) is 6.07. The molecule has 0 aromatic carbocycles. The molecule has 0 radical (unpaired) electrons. The van der Waals surface area contributed by atoms with Crippen molar-refractivity contribution in [2.24, 2.45) is 0 Å². The van der Waals surface area contributed by atoms with Crippen LogP contribution < -0.4 is 0 Å². The van der Waals surface area contributed by atoms with Gasteiger partial charge in [0.15, 0.2) is 0 Å². The Morgan fingerprint density at radius 2 is 2.00 bits per heavy atom. The molecule has 0 heterocycles. The zero-order valence-corrected chi connectivity index (χ0v) is 10.2. The van der Waals surface area contributed by atoms with E-state index in [2.05, 4.69) is 0 Å². The summed E-state index contributed by atoms with van der Waals surface area (Å²) in [6.07, 6.45) is 1.17. The topological polar surface area (TPSA) is 74.7 Å². The van der Waals surface area contributed by atoms with Gasteiger partial charge < -0.3 is 10.0 Å². The summed E-state index contributed by atoms with van der Waals surface area (Å²) in [5.74, 6) is -0.328. The fourth-order valence-corrected chi connectivity index (χ4v) is 1.51. The Morgan fingerprint density at radius 3 is 2.40 bits per heavy atom. The molecular weight excluding hydrogens is 218 g/mol. The molecule has 0 aliphatic carbocycles. The van der Waals surface area contributed by atoms with Crippen molar-refractivity contribution < 1.29 is 18.3 Å². The van der Waals surface area contributed by atoms with E-state index in [1.54, 1.807) is 14.0 Å². The molecule has 1 unspecified atom stereocenters. The monoisotopic (exact) mass is 237 g/mol. The van der Waals surface area contributed by atoms with Gasteiger partial charge in [0.05, 0.1) is 11.9 Å². The van der Waals surface area contributed by atoms with Crippen LogP contribution in [0.15, 0.2) is 0 Å². The maximum Gasteiger partial charge on any atom is 0.223 e. The first-order chi connectivity index (χ1) is 6.72. The number of carbonyl (C=O) groups excluding carboxylic acids is 1. The summed E-state index contributed by atoms with van der Waals surface area (Å²) in [5, 5.41) is 9.01. The van der Waals surface area contributed by atoms with Crippen LogP contribution in [0, 0.1) is 0 Å². The number of rotatable bonds is 6. The highest BCUT2D eigenvalue weighted by Crippen LogP contribution is 1.98. The standard InChI is InChI=1S/C9H19NO4S/c1-8(11)4-6-10(2)9(12)5-7-15(3,13)14/h8,11H,4-7H2,1-3H3. The van der Waals surface area contributed by atoms with Crippen LogP contribution in [0.4, 0.5) is 0 Å². The van der Waals surface area contributed by atoms with Crippen molar-refractivity contribution in [2.45, 2.75) is 25.9 Å². The molecule has 1 amide bonds. The van der Waals surface area contributed by atoms with E-state index < -0.39 is 15.9 Å². The van der Waals surface area contributed by atoms with Gasteiger partial charge in [-0.1, -0.05) is 0 Å². The number of aliphatic hydroxyl groups is 1. The Morgan fingerprint density at radius 1 is 1.47 bits per heavy atom. The quantitative estimate of drug-likeness (QED) is 0.685. The smallest absolute Gasteiger partial charge is 0.223 e. The average Bonchev–Trinajstić information content (AvgIpc) is 2.08. The summed E-state index contributed by atoms with van der Waals surface area (Å²) in [5.41, 5.74) is 0. The van der Waals surface area contributed by atoms with Gasteiger partial charge in [-0.25, -0.2) is 8.42 Å². The van der Waals surface area contributed by atoms with Gasteiger partial charge in [-0.05, 0) is 13.3 Å². The third-order valence-electron chi connectivity index (χ3n) is 1.99. The molecule has 0 aromatic rings. The highest BCUT2D eigenvalue weighted by atomic mass is 32.2. The molecule has 5 nitrogen and oxygen atoms in total. The number of hydrogen-bond acceptors (Lipinski definition) is 4. The molecule has 0 spiro atoms. The van der Waals surface area contributed by atoms with Crippen LogP contribution in [0.5, 0.6) is 0 Å². The van der Waals surface area contributed by atoms with Crippen molar-refractivity contribution in [1.29, 1.82) is 0 Å². The van der Waals surface area contributed by atoms with Gasteiger partial charge in [-0.2, -0.15) is 0 Å². The lowest BCUT2D eigenvalue weighted by atomic mass is 10.2. The molecule has 0 fully saturated rings. The van der Waals surface area contributed by atoms with Gasteiger partial charge in [0.2, 0.25) is 5.91 Å². The van der Waals surface area contributed by atoms with E-state index in [0.717, 1.165) is 6.26 Å². The van der Waals surface area contributed by atoms with E-state index in [0.29, 0.717) is 13.0 Å². The lowest BCUT2D eigenvalue weighted by Gasteiger charge is -2.17. The Balaban J connectivity index is 3.90. The van der Waals surface area contributed by atoms with Crippen LogP contribution in [-0.2, 0) is 14.6 Å². The van der Waals surface area contributed by atoms with Crippen molar-refractivity contribution in [1.82, 2.24) is 4.90 Å². The minimum absolute atomic E-state index is 0.00907. The van der Waals surface area contributed by atoms with Gasteiger partial charge >= 0.3 is 0 Å². The summed E-state index contributed by atoms with van der Waals surface area (Å²) in [6.45, 7) is 2.09. The number of carbonyl (C=O) groups is 1. The molecule has 0 saturated carbocycles. The molecule has 90 valence electrons. The zero-order chi connectivity index (χ0) is 12.1. The maximum atomic E-state index is 11.4. The molecule has 0 aliphatic heterocycles. The lowest BCUT2D eigenvalue weighted by Crippen LogP contribution is -2.30. The third kappa shape index (κ3) is 8.38. The first-order valence-corrected chi connectivity index (χ1v) is 6.88. The predicted octanol–water partition coefficient (Wildman–Crippen LogP) is -0.350. The van der Waals surface area contributed by atoms with Crippen molar-refractivity contribution in [2.75, 3.05) is 25.6 Å². The maximum absolute atomic E-state index is 11.4. The van der Waals surface area contributed by atoms with E-state index in [4.69, 9.17) is 5.11 Å². The van der Waals surface area contributed by atoms with Crippen LogP contribution in [0.3, 0.4) is 0 Å². The van der Waals surface area contributed by atoms with Crippen molar-refractivity contribution in [3.8, 4) is 0 Å². The normalized spacial score (nSPS) is 13.6. The zero-order valence-electron chi connectivity index (χ0n) is 9.43. The number of nitrogens with zero attached hydrogens (tertiary/aromatic N) is 1. The van der Waals surface area contributed by atoms with Gasteiger partial charge in [-0.3, -0.25) is 4.79 Å². The van der Waals surface area contributed by atoms with E-state index in [1.165, 1.54) is 4.90 Å². The lowest BCUT2D eigenvalue weighted by molar-refractivity contribution is -0.129. The highest BCUT2D eigenvalue weighted by molar-refractivity contribution is 7.90. The summed E-state index contributed by atoms with van der Waals surface area (Å²) < 4.78 is 21.6. The van der Waals surface area contributed by atoms with Gasteiger partial charge in [0.1, 0.15) is 9.84 Å². The van der Waals surface area contributed by atoms with E-state index in [-0.39, 0.29) is 18.1 Å². The number of sulfone groups is 1. The molecule has 0 rings (SSSR count). The largest absolute Gasteiger partial charge is 0.393 e. The Hall–Kier alpha value is -0.620. The molecule has 0 saturated heterocycles. The van der Waals surface area contributed by atoms with E-state index in [9.17, 15) is 13.2 Å². The molecule has 15 heavy (non-hydrogen) atoms. The molecule has 0 bridgehead atoms. The van der Waals surface area contributed by atoms with Crippen LogP contribution >= 0.6 is 0 Å². The fourth-order valence-electron chi connectivity index (χ4n) is 0.969. The minimum Gasteiger partial charge on any atom is -0.393 e. The second-order valence-electron chi connectivity index (χ2n) is 3.83. The molecule has 0 aromatic heterocycles. The molecule has 1 N–H and O–H groups in total. The molecular formula is C9H19NO4S. The van der Waals surface area contributed by atoms with Gasteiger partial charge in [-0.15, -0.1) is 0 Å². The minimum atomic E-state index is -3.08. The summed E-state index contributed by atoms with van der Waals surface area (Å²) in [6, 6.07) is 0. The fraction of sp³-hybridized carbons (Fsp3) is 0.889. The Labute approximate surface area is 91.0 Å². The van der Waals surface area contributed by atoms with Crippen molar-refractivity contribution in [3.05, 3.63) is 0 Å². The van der Waals surface area contributed by atoms with Crippen LogP contribution in [0.1, 0.15) is 19.8 Å². The van der Waals surface area contributed by atoms with Crippen molar-refractivity contribution in [3.63, 3.8) is 0 Å². The van der Waals surface area contributed by atoms with E-state index >= 15 is 0 Å². The first kappa shape index (κ1) is 14.4. The number of hydrogen-bond donors (Lipinski definition) is 1. The summed E-state index contributed by atoms with van der Waals surface area (Å²) in [4.78, 5) is 12.8. The SMILES string of the molecule is CC(O)CCN(C)C(=O)CCS(C)(=O)=O. The Kier molecular flexibility index (Phi) is 5.82. The first-order valence-electron chi connectivity index (χ1n) is 4.82. The summed E-state index contributed by atoms with van der Waals surface area (Å²) in [7, 11) is -1.48. The molecule has 0 aliphatic rings. The highest BCUT2D eigenvalue weighted by Gasteiger charge is 2.12. The predicted molar refractivity (Wildman–Crippen MR) is 58.3 cm³/mol. The second-order valence-corrected chi connectivity index (χ2v) is 6.09. The number of aliphatic hydroxyl groups excluding tert-OH is 1.